The van der Waals surface area contributed by atoms with Crippen LogP contribution in [0.3, 0.4) is 0 Å². The van der Waals surface area contributed by atoms with Crippen LogP contribution in [0.25, 0.3) is 0 Å². The van der Waals surface area contributed by atoms with Gasteiger partial charge in [0.25, 0.3) is 0 Å². The quantitative estimate of drug-likeness (QED) is 0.845. The second-order valence-electron chi connectivity index (χ2n) is 6.08. The van der Waals surface area contributed by atoms with Gasteiger partial charge in [-0.15, -0.1) is 0 Å². The molecule has 2 aromatic rings. The summed E-state index contributed by atoms with van der Waals surface area (Å²) in [6.45, 7) is 4.59. The summed E-state index contributed by atoms with van der Waals surface area (Å²) >= 11 is 0. The fraction of sp³-hybridized carbons (Fsp3) is 0.250. The van der Waals surface area contributed by atoms with Gasteiger partial charge in [0.1, 0.15) is 30.0 Å². The zero-order chi connectivity index (χ0) is 17.1. The number of Topliss-reactive ketones (excluding diaryl/α,β-unsaturated/α-hetero) is 1. The average Bonchev–Trinajstić information content (AvgIpc) is 2.54. The zero-order valence-corrected chi connectivity index (χ0v) is 13.8. The van der Waals surface area contributed by atoms with Crippen molar-refractivity contribution >= 4 is 5.78 Å². The Kier molecular flexibility index (Phi) is 4.56. The number of ketones is 1. The SMILES string of the molecule is CC(C)=CCOc1ccc([C@H]2CC(=O)c3ccc(O)cc3O2)cc1. The van der Waals surface area contributed by atoms with Crippen molar-refractivity contribution in [2.75, 3.05) is 6.61 Å². The molecule has 124 valence electrons. The molecule has 0 radical (unpaired) electrons. The van der Waals surface area contributed by atoms with Crippen molar-refractivity contribution in [1.29, 1.82) is 0 Å². The van der Waals surface area contributed by atoms with Crippen molar-refractivity contribution in [3.8, 4) is 17.2 Å². The van der Waals surface area contributed by atoms with Gasteiger partial charge in [-0.2, -0.15) is 0 Å². The lowest BCUT2D eigenvalue weighted by atomic mass is 9.96. The van der Waals surface area contributed by atoms with Gasteiger partial charge >= 0.3 is 0 Å². The van der Waals surface area contributed by atoms with Crippen LogP contribution in [0.15, 0.2) is 54.1 Å². The van der Waals surface area contributed by atoms with Gasteiger partial charge in [-0.1, -0.05) is 17.7 Å². The molecule has 3 rings (SSSR count). The number of ether oxygens (including phenoxy) is 2. The second-order valence-corrected chi connectivity index (χ2v) is 6.08. The second kappa shape index (κ2) is 6.79. The highest BCUT2D eigenvalue weighted by Gasteiger charge is 2.27. The summed E-state index contributed by atoms with van der Waals surface area (Å²) in [7, 11) is 0. The predicted octanol–water partition coefficient (Wildman–Crippen LogP) is 4.44. The molecule has 0 unspecified atom stereocenters. The number of allylic oxidation sites excluding steroid dienone is 1. The molecule has 0 amide bonds. The highest BCUT2D eigenvalue weighted by Crippen LogP contribution is 2.37. The Morgan fingerprint density at radius 3 is 2.71 bits per heavy atom. The van der Waals surface area contributed by atoms with E-state index in [2.05, 4.69) is 0 Å². The molecule has 2 aromatic carbocycles. The maximum Gasteiger partial charge on any atom is 0.170 e. The van der Waals surface area contributed by atoms with Crippen molar-refractivity contribution in [3.63, 3.8) is 0 Å². The molecule has 4 nitrogen and oxygen atoms in total. The Hall–Kier alpha value is -2.75. The number of phenols is 1. The molecule has 1 aliphatic rings. The summed E-state index contributed by atoms with van der Waals surface area (Å²) in [6.07, 6.45) is 1.95. The number of phenolic OH excluding ortho intramolecular Hbond substituents is 1. The maximum absolute atomic E-state index is 12.3. The van der Waals surface area contributed by atoms with E-state index in [1.165, 1.54) is 17.7 Å². The summed E-state index contributed by atoms with van der Waals surface area (Å²) < 4.78 is 11.5. The van der Waals surface area contributed by atoms with Gasteiger partial charge in [0.2, 0.25) is 0 Å². The van der Waals surface area contributed by atoms with E-state index in [-0.39, 0.29) is 24.1 Å². The number of fused-ring (bicyclic) bond motifs is 1. The minimum atomic E-state index is -0.348. The fourth-order valence-electron chi connectivity index (χ4n) is 2.58. The fourth-order valence-corrected chi connectivity index (χ4v) is 2.58. The number of aromatic hydroxyl groups is 1. The smallest absolute Gasteiger partial charge is 0.170 e. The first-order chi connectivity index (χ1) is 11.5. The summed E-state index contributed by atoms with van der Waals surface area (Å²) in [5.74, 6) is 1.31. The van der Waals surface area contributed by atoms with Gasteiger partial charge in [-0.25, -0.2) is 0 Å². The Morgan fingerprint density at radius 2 is 2.00 bits per heavy atom. The van der Waals surface area contributed by atoms with Crippen LogP contribution in [-0.4, -0.2) is 17.5 Å². The molecule has 0 fully saturated rings. The first kappa shape index (κ1) is 16.1. The molecule has 1 N–H and O–H groups in total. The molecular weight excluding hydrogens is 304 g/mol. The topological polar surface area (TPSA) is 55.8 Å². The summed E-state index contributed by atoms with van der Waals surface area (Å²) in [5.41, 5.74) is 2.64. The van der Waals surface area contributed by atoms with Crippen molar-refractivity contribution in [3.05, 3.63) is 65.2 Å². The van der Waals surface area contributed by atoms with Gasteiger partial charge in [0, 0.05) is 6.07 Å². The lowest BCUT2D eigenvalue weighted by Crippen LogP contribution is -2.20. The molecule has 4 heteroatoms. The van der Waals surface area contributed by atoms with E-state index in [4.69, 9.17) is 9.47 Å². The number of hydrogen-bond donors (Lipinski definition) is 1. The minimum absolute atomic E-state index is 0.0186. The Labute approximate surface area is 141 Å². The highest BCUT2D eigenvalue weighted by atomic mass is 16.5. The van der Waals surface area contributed by atoms with Crippen molar-refractivity contribution in [1.82, 2.24) is 0 Å². The van der Waals surface area contributed by atoms with Crippen LogP contribution < -0.4 is 9.47 Å². The number of carbonyl (C=O) groups excluding carboxylic acids is 1. The molecule has 0 saturated heterocycles. The molecule has 24 heavy (non-hydrogen) atoms. The number of hydrogen-bond acceptors (Lipinski definition) is 4. The maximum atomic E-state index is 12.3. The first-order valence-electron chi connectivity index (χ1n) is 7.92. The molecule has 0 saturated carbocycles. The number of benzene rings is 2. The van der Waals surface area contributed by atoms with Crippen LogP contribution in [0.1, 0.15) is 42.3 Å². The van der Waals surface area contributed by atoms with E-state index >= 15 is 0 Å². The van der Waals surface area contributed by atoms with E-state index in [0.29, 0.717) is 17.9 Å². The summed E-state index contributed by atoms with van der Waals surface area (Å²) in [5, 5.41) is 9.58. The monoisotopic (exact) mass is 324 g/mol. The third kappa shape index (κ3) is 3.59. The van der Waals surface area contributed by atoms with E-state index in [0.717, 1.165) is 11.3 Å². The van der Waals surface area contributed by atoms with E-state index in [1.54, 1.807) is 6.07 Å². The van der Waals surface area contributed by atoms with Crippen LogP contribution in [0.4, 0.5) is 0 Å². The zero-order valence-electron chi connectivity index (χ0n) is 13.8. The molecule has 1 atom stereocenters. The third-order valence-corrected chi connectivity index (χ3v) is 3.90. The van der Waals surface area contributed by atoms with Crippen LogP contribution >= 0.6 is 0 Å². The van der Waals surface area contributed by atoms with Gasteiger partial charge in [-0.05, 0) is 49.8 Å². The molecular formula is C20H20O4. The normalized spacial score (nSPS) is 16.1. The number of carbonyl (C=O) groups is 1. The van der Waals surface area contributed by atoms with E-state index in [9.17, 15) is 9.90 Å². The summed E-state index contributed by atoms with van der Waals surface area (Å²) in [4.78, 5) is 12.3. The lowest BCUT2D eigenvalue weighted by Gasteiger charge is -2.25. The molecule has 1 heterocycles. The van der Waals surface area contributed by atoms with Gasteiger partial charge in [0.15, 0.2) is 5.78 Å². The van der Waals surface area contributed by atoms with Crippen molar-refractivity contribution in [2.24, 2.45) is 0 Å². The standard InChI is InChI=1S/C20H20O4/c1-13(2)9-10-23-16-6-3-14(4-7-16)19-12-18(22)17-8-5-15(21)11-20(17)24-19/h3-9,11,19,21H,10,12H2,1-2H3/t19-/m1/s1. The van der Waals surface area contributed by atoms with E-state index < -0.39 is 0 Å². The summed E-state index contributed by atoms with van der Waals surface area (Å²) in [6, 6.07) is 12.1. The number of rotatable bonds is 4. The molecule has 1 aliphatic heterocycles. The Bertz CT molecular complexity index is 771. The van der Waals surface area contributed by atoms with Crippen LogP contribution in [0.5, 0.6) is 17.2 Å². The van der Waals surface area contributed by atoms with Crippen molar-refractivity contribution in [2.45, 2.75) is 26.4 Å². The molecule has 0 spiro atoms. The minimum Gasteiger partial charge on any atom is -0.508 e. The molecule has 0 aromatic heterocycles. The molecule has 0 aliphatic carbocycles. The average molecular weight is 324 g/mol. The highest BCUT2D eigenvalue weighted by molar-refractivity contribution is 6.00. The largest absolute Gasteiger partial charge is 0.508 e. The predicted molar refractivity (Wildman–Crippen MR) is 91.8 cm³/mol. The van der Waals surface area contributed by atoms with E-state index in [1.807, 2.05) is 44.2 Å². The van der Waals surface area contributed by atoms with Crippen LogP contribution in [-0.2, 0) is 0 Å². The van der Waals surface area contributed by atoms with Crippen LogP contribution in [0.2, 0.25) is 0 Å². The van der Waals surface area contributed by atoms with Crippen molar-refractivity contribution < 1.29 is 19.4 Å². The van der Waals surface area contributed by atoms with Gasteiger partial charge in [-0.3, -0.25) is 4.79 Å². The van der Waals surface area contributed by atoms with Crippen LogP contribution in [0, 0.1) is 0 Å². The first-order valence-corrected chi connectivity index (χ1v) is 7.92. The molecule has 0 bridgehead atoms. The van der Waals surface area contributed by atoms with Gasteiger partial charge in [0.05, 0.1) is 12.0 Å². The third-order valence-electron chi connectivity index (χ3n) is 3.90. The Balaban J connectivity index is 1.73. The Morgan fingerprint density at radius 1 is 1.25 bits per heavy atom. The lowest BCUT2D eigenvalue weighted by molar-refractivity contribution is 0.0849. The van der Waals surface area contributed by atoms with Gasteiger partial charge < -0.3 is 14.6 Å².